The molecule has 2 N–H and O–H groups in total. The molecule has 0 aromatic rings. The number of carbonyl (C=O) groups excluding carboxylic acids is 1. The van der Waals surface area contributed by atoms with E-state index in [2.05, 4.69) is 3.53 Å². The van der Waals surface area contributed by atoms with Gasteiger partial charge in [0, 0.05) is 0 Å². The molecular formula is C18H20F6I2NO3-. The third kappa shape index (κ3) is 2.56. The Hall–Kier alpha value is 0.430. The van der Waals surface area contributed by atoms with Gasteiger partial charge in [0.15, 0.2) is 0 Å². The summed E-state index contributed by atoms with van der Waals surface area (Å²) >= 11 is 1.18. The van der Waals surface area contributed by atoms with Crippen molar-refractivity contribution in [2.75, 3.05) is 0 Å². The fraction of sp³-hybridized carbons (Fsp3) is 0.944. The molecule has 4 nitrogen and oxygen atoms in total. The third-order valence-electron chi connectivity index (χ3n) is 8.50. The number of nitrogens with one attached hydrogen (secondary N) is 1. The van der Waals surface area contributed by atoms with Gasteiger partial charge in [0.2, 0.25) is 0 Å². The average Bonchev–Trinajstić information content (AvgIpc) is 3.33. The van der Waals surface area contributed by atoms with Crippen LogP contribution in [0.25, 0.3) is 0 Å². The number of carbonyl (C=O) groups is 1. The summed E-state index contributed by atoms with van der Waals surface area (Å²) in [4.78, 5) is 12.9. The van der Waals surface area contributed by atoms with E-state index in [0.717, 1.165) is 12.8 Å². The molecule has 1 heterocycles. The standard InChI is InChI=1S/C18H20F6I2NO3/c1-13(25,11-26-27-11)12(28)30-10(16(29,17(19,20)21)18(22,23)24)14-4-8-2-7-3-9(5-14)15(7,8)6-14/h7-11,27,29H,2-6H2,1H3/q-1. The van der Waals surface area contributed by atoms with E-state index in [1.165, 1.54) is 6.92 Å². The monoisotopic (exact) mass is 666 g/mol. The number of aliphatic hydroxyl groups is 1. The first-order valence-electron chi connectivity index (χ1n) is 9.73. The van der Waals surface area contributed by atoms with Crippen LogP contribution in [0.1, 0.15) is 39.0 Å². The molecule has 172 valence electrons. The molecule has 1 spiro atoms. The van der Waals surface area contributed by atoms with Gasteiger partial charge in [-0.1, -0.05) is 0 Å². The Morgan fingerprint density at radius 2 is 1.63 bits per heavy atom. The number of hydrogen-bond donors (Lipinski definition) is 2. The van der Waals surface area contributed by atoms with E-state index in [4.69, 9.17) is 4.74 Å². The Morgan fingerprint density at radius 1 is 1.13 bits per heavy atom. The van der Waals surface area contributed by atoms with Crippen LogP contribution in [0.2, 0.25) is 0 Å². The molecule has 5 unspecified atom stereocenters. The summed E-state index contributed by atoms with van der Waals surface area (Å²) in [6.07, 6.45) is -12.7. The summed E-state index contributed by atoms with van der Waals surface area (Å²) in [6, 6.07) is 0. The second-order valence-corrected chi connectivity index (χ2v) is 14.6. The predicted octanol–water partition coefficient (Wildman–Crippen LogP) is 0.707. The molecular weight excluding hydrogens is 646 g/mol. The van der Waals surface area contributed by atoms with E-state index in [1.807, 2.05) is 0 Å². The Morgan fingerprint density at radius 3 is 2.00 bits per heavy atom. The molecule has 5 atom stereocenters. The summed E-state index contributed by atoms with van der Waals surface area (Å²) in [7, 11) is 0. The predicted molar refractivity (Wildman–Crippen MR) is 94.7 cm³/mol. The summed E-state index contributed by atoms with van der Waals surface area (Å²) in [6.45, 7) is 1.45. The van der Waals surface area contributed by atoms with E-state index in [-0.39, 0.29) is 40.6 Å². The van der Waals surface area contributed by atoms with Crippen molar-refractivity contribution in [1.82, 2.24) is 3.53 Å². The van der Waals surface area contributed by atoms with Gasteiger partial charge in [-0.2, -0.15) is 0 Å². The fourth-order valence-electron chi connectivity index (χ4n) is 7.12. The van der Waals surface area contributed by atoms with E-state index >= 15 is 0 Å². The van der Waals surface area contributed by atoms with Crippen LogP contribution in [0.3, 0.4) is 0 Å². The number of hydrogen-bond acceptors (Lipinski definition) is 4. The fourth-order valence-corrected chi connectivity index (χ4v) is 10.4. The van der Waals surface area contributed by atoms with Crippen LogP contribution in [-0.2, 0) is 9.53 Å². The van der Waals surface area contributed by atoms with Crippen molar-refractivity contribution in [2.45, 2.75) is 70.6 Å². The number of halogens is 8. The number of fused-ring (bicyclic) bond motifs is 1. The number of rotatable bonds is 5. The van der Waals surface area contributed by atoms with Crippen LogP contribution < -0.4 is 25.0 Å². The molecule has 4 aliphatic carbocycles. The molecule has 0 amide bonds. The quantitative estimate of drug-likeness (QED) is 0.0864. The van der Waals surface area contributed by atoms with Crippen LogP contribution in [0.4, 0.5) is 26.3 Å². The van der Waals surface area contributed by atoms with Gasteiger partial charge >= 0.3 is 194 Å². The zero-order valence-corrected chi connectivity index (χ0v) is 20.0. The minimum atomic E-state index is -6.03. The molecule has 0 aromatic carbocycles. The van der Waals surface area contributed by atoms with Crippen LogP contribution in [0.15, 0.2) is 0 Å². The van der Waals surface area contributed by atoms with Crippen LogP contribution >= 0.6 is 22.6 Å². The van der Waals surface area contributed by atoms with E-state index < -0.39 is 60.3 Å². The molecule has 0 aromatic heterocycles. The molecule has 4 saturated carbocycles. The first-order chi connectivity index (χ1) is 13.6. The van der Waals surface area contributed by atoms with Crippen molar-refractivity contribution >= 4 is 28.6 Å². The maximum atomic E-state index is 13.9. The molecule has 30 heavy (non-hydrogen) atoms. The van der Waals surface area contributed by atoms with Gasteiger partial charge in [-0.05, 0) is 0 Å². The maximum absolute atomic E-state index is 13.9. The van der Waals surface area contributed by atoms with Gasteiger partial charge in [-0.3, -0.25) is 0 Å². The molecule has 5 rings (SSSR count). The van der Waals surface area contributed by atoms with Gasteiger partial charge in [-0.25, -0.2) is 0 Å². The first kappa shape index (κ1) is 22.2. The number of esters is 1. The Kier molecular flexibility index (Phi) is 4.52. The van der Waals surface area contributed by atoms with E-state index in [0.29, 0.717) is 5.92 Å². The van der Waals surface area contributed by atoms with E-state index in [1.54, 1.807) is 22.6 Å². The van der Waals surface area contributed by atoms with Crippen molar-refractivity contribution in [1.29, 1.82) is 0 Å². The van der Waals surface area contributed by atoms with Gasteiger partial charge in [0.05, 0.1) is 0 Å². The third-order valence-corrected chi connectivity index (χ3v) is 13.2. The number of alkyl halides is 8. The summed E-state index contributed by atoms with van der Waals surface area (Å²) < 4.78 is 89.9. The molecule has 5 aliphatic rings. The zero-order chi connectivity index (χ0) is 22.1. The zero-order valence-electron chi connectivity index (χ0n) is 15.7. The van der Waals surface area contributed by atoms with Crippen molar-refractivity contribution in [3.8, 4) is 0 Å². The Bertz CT molecular complexity index is 766. The van der Waals surface area contributed by atoms with Crippen LogP contribution in [-0.4, -0.2) is 42.6 Å². The van der Waals surface area contributed by atoms with E-state index in [9.17, 15) is 36.2 Å². The Balaban J connectivity index is 1.57. The summed E-state index contributed by atoms with van der Waals surface area (Å²) in [5, 5.41) is 10.3. The molecule has 5 fully saturated rings. The molecule has 0 radical (unpaired) electrons. The van der Waals surface area contributed by atoms with Gasteiger partial charge < -0.3 is 0 Å². The first-order valence-corrected chi connectivity index (χ1v) is 13.1. The number of ether oxygens (including phenoxy) is 1. The molecule has 1 saturated heterocycles. The van der Waals surface area contributed by atoms with Crippen molar-refractivity contribution in [3.63, 3.8) is 0 Å². The van der Waals surface area contributed by atoms with Crippen LogP contribution in [0.5, 0.6) is 0 Å². The van der Waals surface area contributed by atoms with Crippen molar-refractivity contribution in [2.24, 2.45) is 28.6 Å². The summed E-state index contributed by atoms with van der Waals surface area (Å²) in [5.41, 5.74) is -6.82. The summed E-state index contributed by atoms with van der Waals surface area (Å²) in [5.74, 6) is -0.669. The molecule has 12 heteroatoms. The van der Waals surface area contributed by atoms with Crippen LogP contribution in [0, 0.1) is 28.6 Å². The Labute approximate surface area is 193 Å². The molecule has 1 aliphatic heterocycles. The van der Waals surface area contributed by atoms with Gasteiger partial charge in [0.25, 0.3) is 0 Å². The van der Waals surface area contributed by atoms with Crippen molar-refractivity contribution in [3.05, 3.63) is 0 Å². The second-order valence-electron chi connectivity index (χ2n) is 9.83. The van der Waals surface area contributed by atoms with Crippen molar-refractivity contribution < 1.29 is 62.5 Å². The molecule has 2 bridgehead atoms. The average molecular weight is 666 g/mol. The van der Waals surface area contributed by atoms with Gasteiger partial charge in [0.1, 0.15) is 0 Å². The SMILES string of the molecule is CC(I)(C(=O)OC(C12CC3CC4CC(C1)C43C2)C(O)(C(F)(F)F)C(F)(F)F)C1N[I-]1. The van der Waals surface area contributed by atoms with Gasteiger partial charge in [-0.15, -0.1) is 0 Å². The topological polar surface area (TPSA) is 68.5 Å². The minimum absolute atomic E-state index is 0.0591. The normalized spacial score (nSPS) is 44.7. The second kappa shape index (κ2) is 6.10.